The number of hydrogen-bond donors (Lipinski definition) is 3. The molecule has 0 bridgehead atoms. The van der Waals surface area contributed by atoms with E-state index in [2.05, 4.69) is 21.9 Å². The molecular weight excluding hydrogens is 693 g/mol. The van der Waals surface area contributed by atoms with Gasteiger partial charge in [0.15, 0.2) is 0 Å². The second-order valence-electron chi connectivity index (χ2n) is 16.2. The molecule has 3 aliphatic carbocycles. The predicted molar refractivity (Wildman–Crippen MR) is 188 cm³/mol. The van der Waals surface area contributed by atoms with E-state index < -0.39 is 80.0 Å². The van der Waals surface area contributed by atoms with E-state index in [0.717, 1.165) is 32.1 Å². The van der Waals surface area contributed by atoms with Gasteiger partial charge in [-0.3, -0.25) is 28.8 Å². The Kier molecular flexibility index (Phi) is 10.5. The van der Waals surface area contributed by atoms with Gasteiger partial charge in [0.25, 0.3) is 5.91 Å². The number of carbonyl (C=O) groups excluding carboxylic acids is 5. The Morgan fingerprint density at radius 2 is 1.79 bits per heavy atom. The maximum Gasteiger partial charge on any atom is 0.410 e. The number of amides is 5. The maximum atomic E-state index is 14.6. The van der Waals surface area contributed by atoms with E-state index in [4.69, 9.17) is 4.74 Å². The van der Waals surface area contributed by atoms with Gasteiger partial charge in [-0.15, -0.1) is 6.58 Å². The van der Waals surface area contributed by atoms with Crippen LogP contribution in [-0.2, 0) is 47.0 Å². The monoisotopic (exact) mass is 743 g/mol. The van der Waals surface area contributed by atoms with Gasteiger partial charge in [-0.05, 0) is 70.4 Å². The lowest BCUT2D eigenvalue weighted by molar-refractivity contribution is -0.146. The predicted octanol–water partition coefficient (Wildman–Crippen LogP) is 3.42. The first kappa shape index (κ1) is 37.7. The molecule has 5 aliphatic rings. The van der Waals surface area contributed by atoms with E-state index in [0.29, 0.717) is 24.0 Å². The number of nitrogens with zero attached hydrogens (tertiary/aromatic N) is 2. The van der Waals surface area contributed by atoms with Gasteiger partial charge in [-0.25, -0.2) is 17.6 Å². The molecule has 2 heterocycles. The number of carbonyl (C=O) groups is 5. The summed E-state index contributed by atoms with van der Waals surface area (Å²) in [6.07, 6.45) is 4.98. The van der Waals surface area contributed by atoms with E-state index in [1.807, 2.05) is 20.8 Å². The maximum absolute atomic E-state index is 14.6. The van der Waals surface area contributed by atoms with Gasteiger partial charge in [0.1, 0.15) is 23.5 Å². The summed E-state index contributed by atoms with van der Waals surface area (Å²) in [6, 6.07) is 3.44. The van der Waals surface area contributed by atoms with Gasteiger partial charge in [-0.2, -0.15) is 0 Å². The fourth-order valence-electron chi connectivity index (χ4n) is 8.00. The molecule has 3 N–H and O–H groups in total. The molecule has 284 valence electrons. The minimum atomic E-state index is -3.91. The molecule has 5 atom stereocenters. The highest BCUT2D eigenvalue weighted by molar-refractivity contribution is 7.91. The molecule has 1 aromatic carbocycles. The Morgan fingerprint density at radius 3 is 2.40 bits per heavy atom. The highest BCUT2D eigenvalue weighted by Crippen LogP contribution is 2.46. The second kappa shape index (κ2) is 14.4. The molecule has 3 saturated carbocycles. The van der Waals surface area contributed by atoms with Crippen LogP contribution in [0.25, 0.3) is 0 Å². The molecule has 6 rings (SSSR count). The molecule has 0 aromatic heterocycles. The summed E-state index contributed by atoms with van der Waals surface area (Å²) in [6.45, 7) is 9.33. The fraction of sp³-hybridized carbons (Fsp3) is 0.649. The zero-order valence-corrected chi connectivity index (χ0v) is 30.9. The van der Waals surface area contributed by atoms with E-state index in [-0.39, 0.29) is 50.7 Å². The fourth-order valence-corrected chi connectivity index (χ4v) is 9.36. The van der Waals surface area contributed by atoms with Crippen LogP contribution in [0.15, 0.2) is 30.9 Å². The van der Waals surface area contributed by atoms with Gasteiger partial charge in [0.2, 0.25) is 27.7 Å². The molecule has 1 saturated heterocycles. The largest absolute Gasteiger partial charge is 0.444 e. The van der Waals surface area contributed by atoms with Crippen molar-refractivity contribution >= 4 is 39.7 Å². The number of sulfonamides is 1. The Balaban J connectivity index is 1.24. The van der Waals surface area contributed by atoms with Crippen LogP contribution in [0.1, 0.15) is 96.1 Å². The second-order valence-corrected chi connectivity index (χ2v) is 18.1. The Hall–Kier alpha value is -4.01. The first-order valence-corrected chi connectivity index (χ1v) is 19.9. The number of nitrogens with one attached hydrogen (secondary N) is 3. The summed E-state index contributed by atoms with van der Waals surface area (Å²) < 4.78 is 47.8. The van der Waals surface area contributed by atoms with Crippen molar-refractivity contribution in [3.63, 3.8) is 0 Å². The zero-order valence-electron chi connectivity index (χ0n) is 30.1. The topological polar surface area (TPSA) is 171 Å². The zero-order chi connectivity index (χ0) is 37.6. The quantitative estimate of drug-likeness (QED) is 0.290. The molecular formula is C37H50FN5O8S. The van der Waals surface area contributed by atoms with Crippen molar-refractivity contribution in [2.75, 3.05) is 6.54 Å². The van der Waals surface area contributed by atoms with E-state index >= 15 is 0 Å². The van der Waals surface area contributed by atoms with Crippen LogP contribution >= 0.6 is 0 Å². The van der Waals surface area contributed by atoms with Crippen molar-refractivity contribution in [2.45, 2.75) is 127 Å². The number of fused-ring (bicyclic) bond motifs is 1. The Bertz CT molecular complexity index is 1740. The third kappa shape index (κ3) is 8.13. The van der Waals surface area contributed by atoms with Crippen LogP contribution in [0.4, 0.5) is 9.18 Å². The van der Waals surface area contributed by atoms with Crippen molar-refractivity contribution < 1.29 is 41.5 Å². The number of rotatable bonds is 11. The minimum Gasteiger partial charge on any atom is -0.444 e. The smallest absolute Gasteiger partial charge is 0.410 e. The number of halogens is 1. The molecule has 4 fully saturated rings. The third-order valence-electron chi connectivity index (χ3n) is 11.0. The van der Waals surface area contributed by atoms with Crippen LogP contribution in [0.2, 0.25) is 0 Å². The molecule has 0 radical (unpaired) electrons. The minimum absolute atomic E-state index is 0.0110. The Labute approximate surface area is 304 Å². The number of hydrogen-bond acceptors (Lipinski definition) is 8. The molecule has 0 spiro atoms. The summed E-state index contributed by atoms with van der Waals surface area (Å²) in [5, 5.41) is 5.05. The van der Waals surface area contributed by atoms with Gasteiger partial charge in [0.05, 0.1) is 18.3 Å². The van der Waals surface area contributed by atoms with Crippen LogP contribution in [0, 0.1) is 23.6 Å². The molecule has 15 heteroatoms. The molecule has 13 nitrogen and oxygen atoms in total. The lowest BCUT2D eigenvalue weighted by atomic mass is 9.77. The lowest BCUT2D eigenvalue weighted by Crippen LogP contribution is -2.57. The lowest BCUT2D eigenvalue weighted by Gasteiger charge is -2.35. The van der Waals surface area contributed by atoms with Crippen LogP contribution in [0.5, 0.6) is 0 Å². The molecule has 1 unspecified atom stereocenters. The molecule has 1 aromatic rings. The Morgan fingerprint density at radius 1 is 1.08 bits per heavy atom. The summed E-state index contributed by atoms with van der Waals surface area (Å²) in [7, 11) is -3.91. The summed E-state index contributed by atoms with van der Waals surface area (Å²) >= 11 is 0. The molecule has 2 aliphatic heterocycles. The normalized spacial score (nSPS) is 26.6. The van der Waals surface area contributed by atoms with Crippen molar-refractivity contribution in [3.05, 3.63) is 47.8 Å². The highest BCUT2D eigenvalue weighted by atomic mass is 32.2. The van der Waals surface area contributed by atoms with E-state index in [9.17, 15) is 36.8 Å². The van der Waals surface area contributed by atoms with Crippen molar-refractivity contribution in [2.24, 2.45) is 17.8 Å². The third-order valence-corrected chi connectivity index (χ3v) is 12.8. The average Bonchev–Trinajstić information content (AvgIpc) is 3.97. The summed E-state index contributed by atoms with van der Waals surface area (Å²) in [4.78, 5) is 71.7. The van der Waals surface area contributed by atoms with Gasteiger partial charge in [0, 0.05) is 42.3 Å². The van der Waals surface area contributed by atoms with Crippen molar-refractivity contribution in [1.29, 1.82) is 0 Å². The average molecular weight is 744 g/mol. The SMILES string of the molecule is C=CC1C[C@]1(NC(=O)[C@@H]1C[C@@H](OC(=O)N2Cc3cccc(F)c3C2)CN1C(=O)[C@@H](CC(=O)NC(C)(C)C)C1CCCCC1)C(=O)NS(=O)(=O)C1CC1. The number of benzene rings is 1. The van der Waals surface area contributed by atoms with Crippen LogP contribution in [-0.4, -0.2) is 83.0 Å². The number of ether oxygens (including phenoxy) is 1. The first-order chi connectivity index (χ1) is 24.5. The standard InChI is InChI=1S/C37H50FN5O8S/c1-5-24-18-37(24,34(47)41-52(49,50)26-14-15-26)40-32(45)30-16-25(51-35(48)42-19-23-12-9-13-29(38)28(23)21-42)20-43(30)33(46)27(22-10-7-6-8-11-22)17-31(44)39-36(2,3)4/h5,9,12-13,22,24-27,30H,1,6-8,10-11,14-21H2,2-4H3,(H,39,44)(H,40,45)(H,41,47)/t24?,25-,27+,30+,37-/m1/s1. The van der Waals surface area contributed by atoms with Gasteiger partial charge in [-0.1, -0.05) is 37.5 Å². The molecule has 5 amide bonds. The van der Waals surface area contributed by atoms with Crippen molar-refractivity contribution in [3.8, 4) is 0 Å². The number of likely N-dealkylation sites (tertiary alicyclic amines) is 1. The summed E-state index contributed by atoms with van der Waals surface area (Å²) in [5.74, 6) is -4.09. The van der Waals surface area contributed by atoms with Crippen molar-refractivity contribution in [1.82, 2.24) is 25.2 Å². The van der Waals surface area contributed by atoms with Crippen LogP contribution < -0.4 is 15.4 Å². The summed E-state index contributed by atoms with van der Waals surface area (Å²) in [5.41, 5.74) is -1.05. The van der Waals surface area contributed by atoms with Gasteiger partial charge >= 0.3 is 6.09 Å². The van der Waals surface area contributed by atoms with Crippen LogP contribution in [0.3, 0.4) is 0 Å². The highest BCUT2D eigenvalue weighted by Gasteiger charge is 2.62. The van der Waals surface area contributed by atoms with E-state index in [1.54, 1.807) is 12.1 Å². The molecule has 52 heavy (non-hydrogen) atoms. The van der Waals surface area contributed by atoms with Gasteiger partial charge < -0.3 is 20.3 Å². The van der Waals surface area contributed by atoms with E-state index in [1.165, 1.54) is 21.9 Å². The first-order valence-electron chi connectivity index (χ1n) is 18.4.